The highest BCUT2D eigenvalue weighted by molar-refractivity contribution is 5.92. The molecule has 1 saturated carbocycles. The van der Waals surface area contributed by atoms with E-state index in [1.165, 1.54) is 11.1 Å². The van der Waals surface area contributed by atoms with Gasteiger partial charge in [0, 0.05) is 17.8 Å². The molecule has 0 spiro atoms. The highest BCUT2D eigenvalue weighted by atomic mass is 16.5. The van der Waals surface area contributed by atoms with Crippen LogP contribution in [0.25, 0.3) is 0 Å². The van der Waals surface area contributed by atoms with E-state index in [0.29, 0.717) is 19.5 Å². The summed E-state index contributed by atoms with van der Waals surface area (Å²) < 4.78 is 11.3. The van der Waals surface area contributed by atoms with Crippen molar-refractivity contribution in [1.82, 2.24) is 0 Å². The van der Waals surface area contributed by atoms with Gasteiger partial charge < -0.3 is 9.47 Å². The lowest BCUT2D eigenvalue weighted by molar-refractivity contribution is -0.162. The summed E-state index contributed by atoms with van der Waals surface area (Å²) in [5.74, 6) is 0.546. The van der Waals surface area contributed by atoms with Crippen molar-refractivity contribution in [2.75, 3.05) is 6.61 Å². The van der Waals surface area contributed by atoms with Crippen LogP contribution in [0.1, 0.15) is 73.1 Å². The van der Waals surface area contributed by atoms with Crippen molar-refractivity contribution < 1.29 is 23.9 Å². The van der Waals surface area contributed by atoms with Gasteiger partial charge in [-0.25, -0.2) is 0 Å². The minimum absolute atomic E-state index is 0.00777. The van der Waals surface area contributed by atoms with E-state index in [0.717, 1.165) is 37.7 Å². The largest absolute Gasteiger partial charge is 0.467 e. The molecule has 174 valence electrons. The maximum absolute atomic E-state index is 12.5. The fourth-order valence-electron chi connectivity index (χ4n) is 6.81. The van der Waals surface area contributed by atoms with Gasteiger partial charge in [0.2, 0.25) is 0 Å². The SMILES string of the molecule is C[C@H](OC(=O)C(C)(C)C)[C@H]1CCC2=C3C=CC4=CC(=O)CC[C@]4(COC=O)[C@H]3CC[C@@]21C. The van der Waals surface area contributed by atoms with Crippen LogP contribution in [0.4, 0.5) is 0 Å². The van der Waals surface area contributed by atoms with Crippen LogP contribution in [-0.4, -0.2) is 30.9 Å². The summed E-state index contributed by atoms with van der Waals surface area (Å²) in [5.41, 5.74) is 3.01. The van der Waals surface area contributed by atoms with E-state index in [2.05, 4.69) is 19.1 Å². The third-order valence-electron chi connectivity index (χ3n) is 8.59. The first-order valence-electron chi connectivity index (χ1n) is 12.0. The molecular formula is C27H36O5. The van der Waals surface area contributed by atoms with Crippen LogP contribution in [-0.2, 0) is 23.9 Å². The molecular weight excluding hydrogens is 404 g/mol. The van der Waals surface area contributed by atoms with Gasteiger partial charge in [0.1, 0.15) is 12.7 Å². The van der Waals surface area contributed by atoms with Crippen LogP contribution in [0.5, 0.6) is 0 Å². The Bertz CT molecular complexity index is 917. The van der Waals surface area contributed by atoms with Crippen LogP contribution in [0.15, 0.2) is 34.9 Å². The zero-order valence-electron chi connectivity index (χ0n) is 20.0. The van der Waals surface area contributed by atoms with Crippen LogP contribution in [0.3, 0.4) is 0 Å². The van der Waals surface area contributed by atoms with Crippen molar-refractivity contribution in [2.24, 2.45) is 28.1 Å². The molecule has 0 N–H and O–H groups in total. The van der Waals surface area contributed by atoms with Crippen molar-refractivity contribution >= 4 is 18.2 Å². The Labute approximate surface area is 191 Å². The lowest BCUT2D eigenvalue weighted by Gasteiger charge is -2.51. The Hall–Kier alpha value is -2.17. The molecule has 4 aliphatic rings. The molecule has 0 aliphatic heterocycles. The lowest BCUT2D eigenvalue weighted by Crippen LogP contribution is -2.46. The number of rotatable bonds is 5. The van der Waals surface area contributed by atoms with E-state index in [1.54, 1.807) is 6.08 Å². The van der Waals surface area contributed by atoms with Crippen molar-refractivity contribution in [3.05, 3.63) is 34.9 Å². The summed E-state index contributed by atoms with van der Waals surface area (Å²) in [7, 11) is 0. The van der Waals surface area contributed by atoms with Crippen molar-refractivity contribution in [3.63, 3.8) is 0 Å². The summed E-state index contributed by atoms with van der Waals surface area (Å²) in [5, 5.41) is 0. The van der Waals surface area contributed by atoms with Gasteiger partial charge in [0.25, 0.3) is 6.47 Å². The minimum atomic E-state index is -0.509. The predicted molar refractivity (Wildman–Crippen MR) is 122 cm³/mol. The molecule has 0 saturated heterocycles. The first kappa shape index (κ1) is 23.0. The summed E-state index contributed by atoms with van der Waals surface area (Å²) in [4.78, 5) is 35.7. The molecule has 1 fully saturated rings. The summed E-state index contributed by atoms with van der Waals surface area (Å²) >= 11 is 0. The Morgan fingerprint density at radius 1 is 1.22 bits per heavy atom. The number of esters is 1. The van der Waals surface area contributed by atoms with Gasteiger partial charge in [0.05, 0.1) is 5.41 Å². The van der Waals surface area contributed by atoms with E-state index in [4.69, 9.17) is 9.47 Å². The molecule has 4 rings (SSSR count). The number of fused-ring (bicyclic) bond motifs is 4. The monoisotopic (exact) mass is 440 g/mol. The standard InChI is InChI=1S/C27H36O5/c1-17(32-24(30)25(2,3)4)21-8-9-22-20-7-6-18-14-19(29)10-13-27(18,15-31-16-28)23(20)11-12-26(21,22)5/h6-7,14,16-17,21,23H,8-13,15H2,1-5H3/t17-,21+,23-,26+,27+/m0/s1. The van der Waals surface area contributed by atoms with Crippen LogP contribution in [0.2, 0.25) is 0 Å². The Morgan fingerprint density at radius 3 is 2.66 bits per heavy atom. The molecule has 0 unspecified atom stereocenters. The van der Waals surface area contributed by atoms with E-state index in [1.807, 2.05) is 27.7 Å². The number of ketones is 1. The van der Waals surface area contributed by atoms with Crippen LogP contribution >= 0.6 is 0 Å². The Morgan fingerprint density at radius 2 is 1.97 bits per heavy atom. The second-order valence-electron chi connectivity index (χ2n) is 11.4. The predicted octanol–water partition coefficient (Wildman–Crippen LogP) is 5.11. The van der Waals surface area contributed by atoms with E-state index >= 15 is 0 Å². The topological polar surface area (TPSA) is 69.7 Å². The average Bonchev–Trinajstić information content (AvgIpc) is 3.09. The smallest absolute Gasteiger partial charge is 0.311 e. The number of ether oxygens (including phenoxy) is 2. The maximum Gasteiger partial charge on any atom is 0.311 e. The van der Waals surface area contributed by atoms with Gasteiger partial charge >= 0.3 is 5.97 Å². The molecule has 0 heterocycles. The van der Waals surface area contributed by atoms with Gasteiger partial charge in [0.15, 0.2) is 5.78 Å². The molecule has 5 nitrogen and oxygen atoms in total. The lowest BCUT2D eigenvalue weighted by atomic mass is 9.53. The third kappa shape index (κ3) is 3.58. The second kappa shape index (κ2) is 8.00. The molecule has 0 aromatic rings. The fourth-order valence-corrected chi connectivity index (χ4v) is 6.81. The molecule has 0 amide bonds. The average molecular weight is 441 g/mol. The zero-order valence-corrected chi connectivity index (χ0v) is 20.0. The maximum atomic E-state index is 12.5. The Balaban J connectivity index is 1.69. The second-order valence-corrected chi connectivity index (χ2v) is 11.4. The van der Waals surface area contributed by atoms with Gasteiger partial charge in [-0.15, -0.1) is 0 Å². The number of allylic oxidation sites excluding steroid dienone is 5. The summed E-state index contributed by atoms with van der Waals surface area (Å²) in [6, 6.07) is 0. The van der Waals surface area contributed by atoms with Gasteiger partial charge in [-0.1, -0.05) is 24.6 Å². The molecule has 5 heteroatoms. The molecule has 0 aromatic carbocycles. The van der Waals surface area contributed by atoms with Gasteiger partial charge in [-0.3, -0.25) is 14.4 Å². The van der Waals surface area contributed by atoms with Crippen molar-refractivity contribution in [2.45, 2.75) is 79.2 Å². The highest BCUT2D eigenvalue weighted by Gasteiger charge is 2.55. The summed E-state index contributed by atoms with van der Waals surface area (Å²) in [6.45, 7) is 10.9. The van der Waals surface area contributed by atoms with E-state index in [-0.39, 0.29) is 40.5 Å². The molecule has 0 bridgehead atoms. The number of hydrogen-bond acceptors (Lipinski definition) is 5. The quantitative estimate of drug-likeness (QED) is 0.439. The first-order chi connectivity index (χ1) is 15.0. The van der Waals surface area contributed by atoms with E-state index < -0.39 is 5.41 Å². The summed E-state index contributed by atoms with van der Waals surface area (Å²) in [6.07, 6.45) is 11.1. The molecule has 0 aromatic heterocycles. The molecule has 32 heavy (non-hydrogen) atoms. The number of hydrogen-bond donors (Lipinski definition) is 0. The zero-order chi connectivity index (χ0) is 23.3. The molecule has 5 atom stereocenters. The van der Waals surface area contributed by atoms with Crippen LogP contribution < -0.4 is 0 Å². The van der Waals surface area contributed by atoms with Crippen molar-refractivity contribution in [1.29, 1.82) is 0 Å². The number of carbonyl (C=O) groups is 3. The van der Waals surface area contributed by atoms with Gasteiger partial charge in [-0.2, -0.15) is 0 Å². The number of carbonyl (C=O) groups excluding carboxylic acids is 3. The Kier molecular flexibility index (Phi) is 5.75. The molecule has 0 radical (unpaired) electrons. The molecule has 4 aliphatic carbocycles. The van der Waals surface area contributed by atoms with Gasteiger partial charge in [-0.05, 0) is 88.4 Å². The fraction of sp³-hybridized carbons (Fsp3) is 0.667. The van der Waals surface area contributed by atoms with E-state index in [9.17, 15) is 14.4 Å². The first-order valence-corrected chi connectivity index (χ1v) is 12.0. The third-order valence-corrected chi connectivity index (χ3v) is 8.59. The van der Waals surface area contributed by atoms with Crippen molar-refractivity contribution in [3.8, 4) is 0 Å². The minimum Gasteiger partial charge on any atom is -0.467 e. The van der Waals surface area contributed by atoms with Crippen LogP contribution in [0, 0.1) is 28.1 Å². The normalized spacial score (nSPS) is 34.8. The highest BCUT2D eigenvalue weighted by Crippen LogP contribution is 2.63.